The van der Waals surface area contributed by atoms with Crippen LogP contribution in [0.3, 0.4) is 0 Å². The molecule has 2 aliphatic rings. The van der Waals surface area contributed by atoms with Crippen molar-refractivity contribution < 1.29 is 19.4 Å². The van der Waals surface area contributed by atoms with E-state index in [1.165, 1.54) is 16.3 Å². The predicted octanol–water partition coefficient (Wildman–Crippen LogP) is 5.18. The quantitative estimate of drug-likeness (QED) is 0.380. The molecule has 1 unspecified atom stereocenters. The number of ether oxygens (including phenoxy) is 2. The van der Waals surface area contributed by atoms with Gasteiger partial charge in [0.2, 0.25) is 0 Å². The van der Waals surface area contributed by atoms with Gasteiger partial charge in [0.1, 0.15) is 24.6 Å². The van der Waals surface area contributed by atoms with Gasteiger partial charge in [-0.15, -0.1) is 0 Å². The zero-order chi connectivity index (χ0) is 24.2. The summed E-state index contributed by atoms with van der Waals surface area (Å²) in [5, 5.41) is 13.2. The fraction of sp³-hybridized carbons (Fsp3) is 0.367. The molecule has 5 heteroatoms. The lowest BCUT2D eigenvalue weighted by molar-refractivity contribution is -0.138. The molecule has 182 valence electrons. The number of aliphatic hydroxyl groups is 1. The number of hydrogen-bond acceptors (Lipinski definition) is 5. The van der Waals surface area contributed by atoms with Gasteiger partial charge in [0, 0.05) is 24.1 Å². The summed E-state index contributed by atoms with van der Waals surface area (Å²) in [5.74, 6) is 0.968. The molecule has 0 amide bonds. The molecule has 2 saturated heterocycles. The number of piperidine rings is 1. The van der Waals surface area contributed by atoms with Crippen LogP contribution in [0.25, 0.3) is 16.8 Å². The van der Waals surface area contributed by atoms with Crippen molar-refractivity contribution in [3.63, 3.8) is 0 Å². The maximum Gasteiger partial charge on any atom is 0.334 e. The Bertz CT molecular complexity index is 1210. The standard InChI is InChI=1S/C30H33NO4/c1-21-16-27(30(33)35-21)18-26-8-4-5-9-29(26)34-20-28(32)19-31-14-12-23(13-15-31)25-11-10-22-6-2-3-7-24(22)17-25/h2-11,17-18,21,23,28,32H,12-16,19-20H2,1H3/t21-,28?/m0/s1. The molecule has 3 aromatic rings. The minimum Gasteiger partial charge on any atom is -0.490 e. The lowest BCUT2D eigenvalue weighted by atomic mass is 9.88. The number of benzene rings is 3. The molecule has 0 spiro atoms. The van der Waals surface area contributed by atoms with Crippen LogP contribution in [0, 0.1) is 0 Å². The molecule has 35 heavy (non-hydrogen) atoms. The SMILES string of the molecule is C[C@H]1CC(=Cc2ccccc2OCC(O)CN2CCC(c3ccc4ccccc4c3)CC2)C(=O)O1. The Morgan fingerprint density at radius 1 is 1.06 bits per heavy atom. The average Bonchev–Trinajstić information content (AvgIpc) is 3.20. The van der Waals surface area contributed by atoms with Crippen LogP contribution >= 0.6 is 0 Å². The number of aliphatic hydroxyl groups excluding tert-OH is 1. The lowest BCUT2D eigenvalue weighted by Crippen LogP contribution is -2.40. The number of likely N-dealkylation sites (tertiary alicyclic amines) is 1. The monoisotopic (exact) mass is 471 g/mol. The van der Waals surface area contributed by atoms with Crippen molar-refractivity contribution in [2.45, 2.75) is 44.3 Å². The number of fused-ring (bicyclic) bond motifs is 1. The molecule has 2 fully saturated rings. The summed E-state index contributed by atoms with van der Waals surface area (Å²) < 4.78 is 11.2. The van der Waals surface area contributed by atoms with Crippen LogP contribution in [0.1, 0.15) is 43.2 Å². The summed E-state index contributed by atoms with van der Waals surface area (Å²) in [6, 6.07) is 22.9. The molecule has 1 N–H and O–H groups in total. The molecule has 2 aliphatic heterocycles. The van der Waals surface area contributed by atoms with Crippen molar-refractivity contribution in [2.75, 3.05) is 26.2 Å². The molecule has 2 heterocycles. The Kier molecular flexibility index (Phi) is 7.16. The van der Waals surface area contributed by atoms with E-state index in [4.69, 9.17) is 9.47 Å². The van der Waals surface area contributed by atoms with E-state index in [1.807, 2.05) is 37.3 Å². The second kappa shape index (κ2) is 10.6. The third kappa shape index (κ3) is 5.75. The number of para-hydroxylation sites is 1. The highest BCUT2D eigenvalue weighted by Crippen LogP contribution is 2.31. The first kappa shape index (κ1) is 23.6. The first-order valence-electron chi connectivity index (χ1n) is 12.6. The van der Waals surface area contributed by atoms with Crippen LogP contribution in [-0.4, -0.2) is 54.4 Å². The number of nitrogens with zero attached hydrogens (tertiary/aromatic N) is 1. The molecule has 0 aromatic heterocycles. The summed E-state index contributed by atoms with van der Waals surface area (Å²) in [4.78, 5) is 14.3. The van der Waals surface area contributed by atoms with E-state index in [0.717, 1.165) is 31.5 Å². The van der Waals surface area contributed by atoms with Gasteiger partial charge in [-0.05, 0) is 67.3 Å². The maximum absolute atomic E-state index is 12.0. The van der Waals surface area contributed by atoms with Crippen LogP contribution in [-0.2, 0) is 9.53 Å². The number of β-amino-alcohol motifs (C(OH)–C–C–N with tert-alkyl or cyclic N) is 1. The normalized spacial score (nSPS) is 21.4. The van der Waals surface area contributed by atoms with Crippen LogP contribution in [0.2, 0.25) is 0 Å². The maximum atomic E-state index is 12.0. The number of hydrogen-bond donors (Lipinski definition) is 1. The smallest absolute Gasteiger partial charge is 0.334 e. The number of cyclic esters (lactones) is 1. The van der Waals surface area contributed by atoms with Gasteiger partial charge in [-0.2, -0.15) is 0 Å². The Hall–Kier alpha value is -3.15. The van der Waals surface area contributed by atoms with Crippen LogP contribution in [0.15, 0.2) is 72.3 Å². The molecule has 0 radical (unpaired) electrons. The van der Waals surface area contributed by atoms with Crippen molar-refractivity contribution >= 4 is 22.8 Å². The van der Waals surface area contributed by atoms with Crippen molar-refractivity contribution in [1.29, 1.82) is 0 Å². The minimum absolute atomic E-state index is 0.0889. The summed E-state index contributed by atoms with van der Waals surface area (Å²) >= 11 is 0. The van der Waals surface area contributed by atoms with E-state index in [9.17, 15) is 9.90 Å². The molecule has 0 saturated carbocycles. The number of carbonyl (C=O) groups excluding carboxylic acids is 1. The van der Waals surface area contributed by atoms with Crippen molar-refractivity contribution in [2.24, 2.45) is 0 Å². The Balaban J connectivity index is 1.13. The predicted molar refractivity (Wildman–Crippen MR) is 138 cm³/mol. The molecule has 5 nitrogen and oxygen atoms in total. The summed E-state index contributed by atoms with van der Waals surface area (Å²) in [6.07, 6.45) is 3.96. The Morgan fingerprint density at radius 3 is 2.57 bits per heavy atom. The second-order valence-corrected chi connectivity index (χ2v) is 9.77. The molecular weight excluding hydrogens is 438 g/mol. The number of carbonyl (C=O) groups is 1. The zero-order valence-corrected chi connectivity index (χ0v) is 20.2. The Labute approximate surface area is 207 Å². The fourth-order valence-corrected chi connectivity index (χ4v) is 5.18. The van der Waals surface area contributed by atoms with Crippen LogP contribution < -0.4 is 4.74 Å². The Morgan fingerprint density at radius 2 is 1.80 bits per heavy atom. The van der Waals surface area contributed by atoms with Crippen LogP contribution in [0.5, 0.6) is 5.75 Å². The van der Waals surface area contributed by atoms with Gasteiger partial charge in [-0.1, -0.05) is 60.7 Å². The summed E-state index contributed by atoms with van der Waals surface area (Å²) in [6.45, 7) is 4.64. The van der Waals surface area contributed by atoms with Crippen LogP contribution in [0.4, 0.5) is 0 Å². The van der Waals surface area contributed by atoms with Gasteiger partial charge in [0.15, 0.2) is 0 Å². The van der Waals surface area contributed by atoms with Gasteiger partial charge < -0.3 is 19.5 Å². The first-order chi connectivity index (χ1) is 17.0. The molecule has 0 aliphatic carbocycles. The number of esters is 1. The van der Waals surface area contributed by atoms with Gasteiger partial charge >= 0.3 is 5.97 Å². The highest BCUT2D eigenvalue weighted by molar-refractivity contribution is 5.96. The topological polar surface area (TPSA) is 59.0 Å². The van der Waals surface area contributed by atoms with Crippen molar-refractivity contribution in [1.82, 2.24) is 4.90 Å². The molecule has 3 aromatic carbocycles. The lowest BCUT2D eigenvalue weighted by Gasteiger charge is -2.33. The first-order valence-corrected chi connectivity index (χ1v) is 12.6. The number of rotatable bonds is 7. The average molecular weight is 472 g/mol. The third-order valence-corrected chi connectivity index (χ3v) is 7.06. The third-order valence-electron chi connectivity index (χ3n) is 7.06. The molecule has 0 bridgehead atoms. The highest BCUT2D eigenvalue weighted by atomic mass is 16.5. The minimum atomic E-state index is -0.579. The van der Waals surface area contributed by atoms with Crippen molar-refractivity contribution in [3.05, 3.63) is 83.4 Å². The molecular formula is C30H33NO4. The van der Waals surface area contributed by atoms with E-state index < -0.39 is 6.10 Å². The van der Waals surface area contributed by atoms with Gasteiger partial charge in [0.25, 0.3) is 0 Å². The van der Waals surface area contributed by atoms with E-state index >= 15 is 0 Å². The van der Waals surface area contributed by atoms with Gasteiger partial charge in [0.05, 0.1) is 0 Å². The van der Waals surface area contributed by atoms with E-state index in [-0.39, 0.29) is 18.7 Å². The summed E-state index contributed by atoms with van der Waals surface area (Å²) in [7, 11) is 0. The van der Waals surface area contributed by atoms with Crippen molar-refractivity contribution in [3.8, 4) is 5.75 Å². The zero-order valence-electron chi connectivity index (χ0n) is 20.2. The molecule has 5 rings (SSSR count). The highest BCUT2D eigenvalue weighted by Gasteiger charge is 2.26. The van der Waals surface area contributed by atoms with Gasteiger partial charge in [-0.3, -0.25) is 0 Å². The largest absolute Gasteiger partial charge is 0.490 e. The van der Waals surface area contributed by atoms with E-state index in [0.29, 0.717) is 30.2 Å². The van der Waals surface area contributed by atoms with E-state index in [2.05, 4.69) is 47.4 Å². The summed E-state index contributed by atoms with van der Waals surface area (Å²) in [5.41, 5.74) is 2.90. The fourth-order valence-electron chi connectivity index (χ4n) is 5.18. The molecule has 2 atom stereocenters. The second-order valence-electron chi connectivity index (χ2n) is 9.77. The van der Waals surface area contributed by atoms with E-state index in [1.54, 1.807) is 0 Å². The van der Waals surface area contributed by atoms with Gasteiger partial charge in [-0.25, -0.2) is 4.79 Å².